The zero-order valence-corrected chi connectivity index (χ0v) is 13.4. The first kappa shape index (κ1) is 17.2. The lowest BCUT2D eigenvalue weighted by atomic mass is 10.0. The maximum atomic E-state index is 12.9. The third kappa shape index (κ3) is 3.88. The Hall–Kier alpha value is -2.66. The summed E-state index contributed by atoms with van der Waals surface area (Å²) in [5, 5.41) is 8.96. The second-order valence-electron chi connectivity index (χ2n) is 5.82. The first-order valence-corrected chi connectivity index (χ1v) is 7.67. The topological polar surface area (TPSA) is 62.0 Å². The zero-order valence-electron chi connectivity index (χ0n) is 13.4. The van der Waals surface area contributed by atoms with Crippen molar-refractivity contribution in [2.24, 2.45) is 0 Å². The molecular weight excluding hydrogens is 333 g/mol. The molecule has 1 aliphatic heterocycles. The van der Waals surface area contributed by atoms with E-state index in [0.29, 0.717) is 24.6 Å². The van der Waals surface area contributed by atoms with Crippen LogP contribution in [0.2, 0.25) is 0 Å². The fourth-order valence-electron chi connectivity index (χ4n) is 2.78. The van der Waals surface area contributed by atoms with Crippen LogP contribution in [0.15, 0.2) is 36.5 Å². The Labute approximate surface area is 142 Å². The Morgan fingerprint density at radius 3 is 2.80 bits per heavy atom. The normalized spacial score (nSPS) is 21.0. The molecule has 0 saturated carbocycles. The van der Waals surface area contributed by atoms with Crippen LogP contribution in [0.4, 0.5) is 19.1 Å². The molecular formula is C17H15F3N4O. The summed E-state index contributed by atoms with van der Waals surface area (Å²) in [6, 6.07) is 8.57. The second kappa shape index (κ2) is 6.69. The summed E-state index contributed by atoms with van der Waals surface area (Å²) >= 11 is 0. The van der Waals surface area contributed by atoms with Crippen molar-refractivity contribution in [3.05, 3.63) is 53.3 Å². The predicted octanol–water partition coefficient (Wildman–Crippen LogP) is 3.33. The van der Waals surface area contributed by atoms with Crippen molar-refractivity contribution in [3.63, 3.8) is 0 Å². The van der Waals surface area contributed by atoms with E-state index < -0.39 is 17.8 Å². The highest BCUT2D eigenvalue weighted by atomic mass is 19.4. The molecule has 0 radical (unpaired) electrons. The van der Waals surface area contributed by atoms with E-state index in [4.69, 9.17) is 10.00 Å². The summed E-state index contributed by atoms with van der Waals surface area (Å²) in [5.74, 6) is 0.367. The van der Waals surface area contributed by atoms with Gasteiger partial charge in [0.25, 0.3) is 0 Å². The molecule has 1 aliphatic rings. The van der Waals surface area contributed by atoms with E-state index in [1.54, 1.807) is 6.07 Å². The van der Waals surface area contributed by atoms with Gasteiger partial charge in [0, 0.05) is 12.7 Å². The van der Waals surface area contributed by atoms with E-state index in [0.717, 1.165) is 12.1 Å². The van der Waals surface area contributed by atoms with Crippen LogP contribution in [0, 0.1) is 11.3 Å². The van der Waals surface area contributed by atoms with Gasteiger partial charge in [0.2, 0.25) is 5.95 Å². The van der Waals surface area contributed by atoms with Gasteiger partial charge in [-0.3, -0.25) is 0 Å². The third-order valence-electron chi connectivity index (χ3n) is 3.89. The van der Waals surface area contributed by atoms with Gasteiger partial charge in [-0.1, -0.05) is 12.1 Å². The number of alkyl halides is 3. The minimum atomic E-state index is -4.40. The minimum Gasteiger partial charge on any atom is -0.367 e. The number of benzene rings is 1. The Kier molecular flexibility index (Phi) is 4.59. The summed E-state index contributed by atoms with van der Waals surface area (Å²) in [7, 11) is 0. The van der Waals surface area contributed by atoms with Crippen molar-refractivity contribution in [2.75, 3.05) is 18.0 Å². The predicted molar refractivity (Wildman–Crippen MR) is 83.7 cm³/mol. The monoisotopic (exact) mass is 348 g/mol. The van der Waals surface area contributed by atoms with Gasteiger partial charge in [0.05, 0.1) is 18.2 Å². The molecule has 0 N–H and O–H groups in total. The number of halogens is 3. The maximum Gasteiger partial charge on any atom is 0.416 e. The van der Waals surface area contributed by atoms with Crippen LogP contribution < -0.4 is 4.90 Å². The van der Waals surface area contributed by atoms with Gasteiger partial charge in [-0.05, 0) is 30.7 Å². The first-order chi connectivity index (χ1) is 11.9. The highest BCUT2D eigenvalue weighted by molar-refractivity contribution is 5.36. The van der Waals surface area contributed by atoms with Gasteiger partial charge in [-0.25, -0.2) is 9.97 Å². The van der Waals surface area contributed by atoms with Crippen LogP contribution in [-0.4, -0.2) is 29.2 Å². The molecule has 1 fully saturated rings. The van der Waals surface area contributed by atoms with Gasteiger partial charge in [-0.15, -0.1) is 0 Å². The van der Waals surface area contributed by atoms with Crippen molar-refractivity contribution in [3.8, 4) is 6.07 Å². The average Bonchev–Trinajstić information content (AvgIpc) is 2.60. The number of nitriles is 1. The summed E-state index contributed by atoms with van der Waals surface area (Å²) in [6.45, 7) is 2.63. The molecule has 1 aromatic heterocycles. The largest absolute Gasteiger partial charge is 0.416 e. The second-order valence-corrected chi connectivity index (χ2v) is 5.82. The van der Waals surface area contributed by atoms with Gasteiger partial charge >= 0.3 is 6.18 Å². The number of ether oxygens (including phenoxy) is 1. The van der Waals surface area contributed by atoms with Gasteiger partial charge in [0.1, 0.15) is 17.9 Å². The van der Waals surface area contributed by atoms with Gasteiger partial charge in [-0.2, -0.15) is 18.4 Å². The average molecular weight is 348 g/mol. The number of rotatable bonds is 2. The Bertz CT molecular complexity index is 803. The molecule has 1 saturated heterocycles. The molecule has 25 heavy (non-hydrogen) atoms. The summed E-state index contributed by atoms with van der Waals surface area (Å²) in [5.41, 5.74) is -0.0244. The van der Waals surface area contributed by atoms with E-state index in [-0.39, 0.29) is 11.8 Å². The van der Waals surface area contributed by atoms with Gasteiger partial charge < -0.3 is 9.64 Å². The lowest BCUT2D eigenvalue weighted by molar-refractivity contribution is -0.137. The van der Waals surface area contributed by atoms with Crippen molar-refractivity contribution >= 4 is 5.95 Å². The summed E-state index contributed by atoms with van der Waals surface area (Å²) in [4.78, 5) is 10.1. The van der Waals surface area contributed by atoms with Crippen LogP contribution in [0.5, 0.6) is 0 Å². The van der Waals surface area contributed by atoms with E-state index in [2.05, 4.69) is 9.97 Å². The highest BCUT2D eigenvalue weighted by Crippen LogP contribution is 2.33. The number of hydrogen-bond donors (Lipinski definition) is 0. The van der Waals surface area contributed by atoms with Crippen molar-refractivity contribution in [1.82, 2.24) is 9.97 Å². The van der Waals surface area contributed by atoms with Crippen molar-refractivity contribution in [1.29, 1.82) is 5.26 Å². The number of nitrogens with zero attached hydrogens (tertiary/aromatic N) is 4. The third-order valence-corrected chi connectivity index (χ3v) is 3.89. The quantitative estimate of drug-likeness (QED) is 0.833. The molecule has 3 rings (SSSR count). The lowest BCUT2D eigenvalue weighted by Crippen LogP contribution is -2.43. The molecule has 2 aromatic rings. The Balaban J connectivity index is 1.87. The van der Waals surface area contributed by atoms with Crippen LogP contribution in [0.3, 0.4) is 0 Å². The maximum absolute atomic E-state index is 12.9. The molecule has 130 valence electrons. The van der Waals surface area contributed by atoms with E-state index in [1.807, 2.05) is 17.9 Å². The minimum absolute atomic E-state index is 0.220. The number of anilines is 1. The number of morpholine rings is 1. The molecule has 0 bridgehead atoms. The van der Waals surface area contributed by atoms with Crippen molar-refractivity contribution in [2.45, 2.75) is 25.3 Å². The van der Waals surface area contributed by atoms with E-state index in [9.17, 15) is 13.2 Å². The highest BCUT2D eigenvalue weighted by Gasteiger charge is 2.33. The SMILES string of the molecule is C[C@@H]1CN(c2nccc(C#N)n2)C[C@H](c2cccc(C(F)(F)F)c2)O1. The molecule has 0 aliphatic carbocycles. The zero-order chi connectivity index (χ0) is 18.0. The van der Waals surface area contributed by atoms with Crippen LogP contribution in [0.25, 0.3) is 0 Å². The lowest BCUT2D eigenvalue weighted by Gasteiger charge is -2.37. The van der Waals surface area contributed by atoms with Crippen LogP contribution in [-0.2, 0) is 10.9 Å². The Morgan fingerprint density at radius 1 is 1.28 bits per heavy atom. The molecule has 1 aromatic carbocycles. The van der Waals surface area contributed by atoms with E-state index >= 15 is 0 Å². The summed E-state index contributed by atoms with van der Waals surface area (Å²) < 4.78 is 44.6. The first-order valence-electron chi connectivity index (χ1n) is 7.67. The smallest absolute Gasteiger partial charge is 0.367 e. The molecule has 0 spiro atoms. The Morgan fingerprint density at radius 2 is 2.08 bits per heavy atom. The molecule has 2 heterocycles. The van der Waals surface area contributed by atoms with Crippen LogP contribution >= 0.6 is 0 Å². The number of aromatic nitrogens is 2. The van der Waals surface area contributed by atoms with Crippen LogP contribution in [0.1, 0.15) is 29.8 Å². The number of hydrogen-bond acceptors (Lipinski definition) is 5. The standard InChI is InChI=1S/C17H15F3N4O/c1-11-9-24(16-22-6-5-14(8-21)23-16)10-15(25-11)12-3-2-4-13(7-12)17(18,19)20/h2-7,11,15H,9-10H2,1H3/t11-,15-/m1/s1. The van der Waals surface area contributed by atoms with Gasteiger partial charge in [0.15, 0.2) is 0 Å². The molecule has 8 heteroatoms. The molecule has 5 nitrogen and oxygen atoms in total. The fraction of sp³-hybridized carbons (Fsp3) is 0.353. The van der Waals surface area contributed by atoms with E-state index in [1.165, 1.54) is 18.3 Å². The molecule has 0 amide bonds. The van der Waals surface area contributed by atoms with Crippen molar-refractivity contribution < 1.29 is 17.9 Å². The summed E-state index contributed by atoms with van der Waals surface area (Å²) in [6.07, 6.45) is -3.68. The molecule has 0 unspecified atom stereocenters. The molecule has 2 atom stereocenters. The fourth-order valence-corrected chi connectivity index (χ4v) is 2.78.